The van der Waals surface area contributed by atoms with Crippen molar-refractivity contribution in [1.29, 1.82) is 0 Å². The van der Waals surface area contributed by atoms with Gasteiger partial charge in [0.15, 0.2) is 0 Å². The van der Waals surface area contributed by atoms with Gasteiger partial charge in [-0.1, -0.05) is 24.3 Å². The van der Waals surface area contributed by atoms with Gasteiger partial charge in [0.25, 0.3) is 5.91 Å². The smallest absolute Gasteiger partial charge is 0.254 e. The van der Waals surface area contributed by atoms with Gasteiger partial charge in [0.1, 0.15) is 0 Å². The van der Waals surface area contributed by atoms with Gasteiger partial charge in [0.05, 0.1) is 17.4 Å². The summed E-state index contributed by atoms with van der Waals surface area (Å²) >= 11 is 0. The number of amides is 1. The Kier molecular flexibility index (Phi) is 2.97. The monoisotopic (exact) mass is 318 g/mol. The molecule has 3 aromatic rings. The van der Waals surface area contributed by atoms with Gasteiger partial charge in [0.2, 0.25) is 0 Å². The molecule has 1 fully saturated rings. The van der Waals surface area contributed by atoms with Crippen molar-refractivity contribution in [2.75, 3.05) is 13.1 Å². The fourth-order valence-corrected chi connectivity index (χ4v) is 4.04. The van der Waals surface area contributed by atoms with Crippen LogP contribution >= 0.6 is 0 Å². The lowest BCUT2D eigenvalue weighted by atomic mass is 9.87. The zero-order chi connectivity index (χ0) is 16.1. The van der Waals surface area contributed by atoms with Crippen molar-refractivity contribution in [1.82, 2.24) is 20.2 Å². The Bertz CT molecular complexity index is 932. The van der Waals surface area contributed by atoms with Crippen LogP contribution in [0.1, 0.15) is 27.4 Å². The van der Waals surface area contributed by atoms with Crippen LogP contribution in [0.25, 0.3) is 11.0 Å². The summed E-state index contributed by atoms with van der Waals surface area (Å²) in [6, 6.07) is 14.6. The maximum Gasteiger partial charge on any atom is 0.254 e. The van der Waals surface area contributed by atoms with E-state index in [1.54, 1.807) is 6.33 Å². The molecule has 2 aromatic carbocycles. The number of benzene rings is 2. The molecule has 1 amide bonds. The second-order valence-corrected chi connectivity index (χ2v) is 6.64. The van der Waals surface area contributed by atoms with E-state index in [-0.39, 0.29) is 5.91 Å². The fraction of sp³-hybridized carbons (Fsp3) is 0.263. The van der Waals surface area contributed by atoms with Gasteiger partial charge < -0.3 is 15.2 Å². The number of carbonyl (C=O) groups excluding carboxylic acids is 1. The number of aromatic nitrogens is 2. The van der Waals surface area contributed by atoms with Crippen LogP contribution in [0.4, 0.5) is 0 Å². The highest BCUT2D eigenvalue weighted by molar-refractivity contribution is 5.97. The van der Waals surface area contributed by atoms with Crippen molar-refractivity contribution in [3.8, 4) is 0 Å². The molecule has 2 N–H and O–H groups in total. The number of nitrogens with one attached hydrogen (secondary N) is 2. The molecule has 0 spiro atoms. The van der Waals surface area contributed by atoms with Crippen LogP contribution in [0.2, 0.25) is 0 Å². The van der Waals surface area contributed by atoms with E-state index in [4.69, 9.17) is 0 Å². The lowest BCUT2D eigenvalue weighted by Crippen LogP contribution is -2.39. The molecule has 24 heavy (non-hydrogen) atoms. The first kappa shape index (κ1) is 13.7. The van der Waals surface area contributed by atoms with E-state index >= 15 is 0 Å². The highest BCUT2D eigenvalue weighted by atomic mass is 16.2. The van der Waals surface area contributed by atoms with Crippen molar-refractivity contribution >= 4 is 16.9 Å². The lowest BCUT2D eigenvalue weighted by Gasteiger charge is -2.28. The Hall–Kier alpha value is -2.66. The number of likely N-dealkylation sites (tertiary alicyclic amines) is 1. The number of imidazole rings is 1. The molecule has 0 bridgehead atoms. The van der Waals surface area contributed by atoms with E-state index in [9.17, 15) is 4.79 Å². The van der Waals surface area contributed by atoms with Crippen molar-refractivity contribution in [2.45, 2.75) is 18.5 Å². The standard InChI is InChI=1S/C19H18N4O/c24-19(12-5-6-16-17(7-12)22-11-21-16)23-9-15-14-4-2-1-3-13(14)8-20-18(15)10-23/h1-7,11,15,18,20H,8-10H2,(H,21,22)/t15-,18-/m0/s1. The summed E-state index contributed by atoms with van der Waals surface area (Å²) in [5.74, 6) is 0.481. The average Bonchev–Trinajstić information content (AvgIpc) is 3.27. The van der Waals surface area contributed by atoms with Gasteiger partial charge >= 0.3 is 0 Å². The van der Waals surface area contributed by atoms with E-state index < -0.39 is 0 Å². The summed E-state index contributed by atoms with van der Waals surface area (Å²) in [6.45, 7) is 2.42. The van der Waals surface area contributed by atoms with Crippen LogP contribution in [0, 0.1) is 0 Å². The minimum Gasteiger partial charge on any atom is -0.345 e. The number of hydrogen-bond donors (Lipinski definition) is 2. The molecule has 2 atom stereocenters. The van der Waals surface area contributed by atoms with Crippen LogP contribution < -0.4 is 5.32 Å². The predicted molar refractivity (Wildman–Crippen MR) is 91.8 cm³/mol. The second kappa shape index (κ2) is 5.18. The highest BCUT2D eigenvalue weighted by Gasteiger charge is 2.39. The summed E-state index contributed by atoms with van der Waals surface area (Å²) < 4.78 is 0. The zero-order valence-electron chi connectivity index (χ0n) is 13.2. The van der Waals surface area contributed by atoms with Crippen LogP contribution in [-0.2, 0) is 6.54 Å². The molecule has 5 nitrogen and oxygen atoms in total. The minimum atomic E-state index is 0.0974. The molecular weight excluding hydrogens is 300 g/mol. The Morgan fingerprint density at radius 2 is 2.08 bits per heavy atom. The molecule has 3 heterocycles. The normalized spacial score (nSPS) is 22.4. The molecule has 1 aromatic heterocycles. The van der Waals surface area contributed by atoms with Gasteiger partial charge in [-0.15, -0.1) is 0 Å². The summed E-state index contributed by atoms with van der Waals surface area (Å²) in [5.41, 5.74) is 5.25. The summed E-state index contributed by atoms with van der Waals surface area (Å²) in [4.78, 5) is 22.2. The van der Waals surface area contributed by atoms with Gasteiger partial charge in [-0.05, 0) is 29.3 Å². The van der Waals surface area contributed by atoms with Crippen LogP contribution in [-0.4, -0.2) is 39.9 Å². The molecule has 5 rings (SSSR count). The molecule has 5 heteroatoms. The van der Waals surface area contributed by atoms with Crippen molar-refractivity contribution < 1.29 is 4.79 Å². The Morgan fingerprint density at radius 1 is 1.17 bits per heavy atom. The maximum absolute atomic E-state index is 12.9. The van der Waals surface area contributed by atoms with Crippen molar-refractivity contribution in [3.63, 3.8) is 0 Å². The summed E-state index contributed by atoms with van der Waals surface area (Å²) in [5, 5.41) is 3.59. The molecule has 1 saturated heterocycles. The molecule has 120 valence electrons. The number of hydrogen-bond acceptors (Lipinski definition) is 3. The third kappa shape index (κ3) is 2.05. The predicted octanol–water partition coefficient (Wildman–Crippen LogP) is 2.27. The van der Waals surface area contributed by atoms with E-state index in [1.165, 1.54) is 11.1 Å². The third-order valence-electron chi connectivity index (χ3n) is 5.28. The number of fused-ring (bicyclic) bond motifs is 4. The van der Waals surface area contributed by atoms with Crippen LogP contribution in [0.3, 0.4) is 0 Å². The molecular formula is C19H18N4O. The number of carbonyl (C=O) groups is 1. The molecule has 2 aliphatic rings. The quantitative estimate of drug-likeness (QED) is 0.723. The van der Waals surface area contributed by atoms with Gasteiger partial charge in [-0.2, -0.15) is 0 Å². The number of H-pyrrole nitrogens is 1. The average molecular weight is 318 g/mol. The van der Waals surface area contributed by atoms with Crippen molar-refractivity contribution in [2.24, 2.45) is 0 Å². The van der Waals surface area contributed by atoms with E-state index in [2.05, 4.69) is 39.6 Å². The van der Waals surface area contributed by atoms with E-state index in [0.717, 1.165) is 36.2 Å². The maximum atomic E-state index is 12.9. The second-order valence-electron chi connectivity index (χ2n) is 6.64. The number of nitrogens with zero attached hydrogens (tertiary/aromatic N) is 2. The molecule has 0 saturated carbocycles. The summed E-state index contributed by atoms with van der Waals surface area (Å²) in [7, 11) is 0. The molecule has 0 radical (unpaired) electrons. The first-order valence-corrected chi connectivity index (χ1v) is 8.33. The molecule has 0 unspecified atom stereocenters. The molecule has 2 aliphatic heterocycles. The SMILES string of the molecule is O=C(c1ccc2nc[nH]c2c1)N1C[C@@H]2NCc3ccccc3[C@@H]2C1. The van der Waals surface area contributed by atoms with Crippen LogP contribution in [0.5, 0.6) is 0 Å². The first-order chi connectivity index (χ1) is 11.8. The van der Waals surface area contributed by atoms with Gasteiger partial charge in [-0.3, -0.25) is 4.79 Å². The number of aromatic amines is 1. The third-order valence-corrected chi connectivity index (χ3v) is 5.28. The number of rotatable bonds is 1. The fourth-order valence-electron chi connectivity index (χ4n) is 4.04. The zero-order valence-corrected chi connectivity index (χ0v) is 13.2. The first-order valence-electron chi connectivity index (χ1n) is 8.33. The Labute approximate surface area is 139 Å². The topological polar surface area (TPSA) is 61.0 Å². The largest absolute Gasteiger partial charge is 0.345 e. The van der Waals surface area contributed by atoms with E-state index in [0.29, 0.717) is 12.0 Å². The highest BCUT2D eigenvalue weighted by Crippen LogP contribution is 2.34. The van der Waals surface area contributed by atoms with Crippen LogP contribution in [0.15, 0.2) is 48.8 Å². The van der Waals surface area contributed by atoms with Gasteiger partial charge in [-0.25, -0.2) is 4.98 Å². The lowest BCUT2D eigenvalue weighted by molar-refractivity contribution is 0.0788. The van der Waals surface area contributed by atoms with E-state index in [1.807, 2.05) is 23.1 Å². The summed E-state index contributed by atoms with van der Waals surface area (Å²) in [6.07, 6.45) is 1.66. The Morgan fingerprint density at radius 3 is 3.04 bits per heavy atom. The Balaban J connectivity index is 1.43. The molecule has 0 aliphatic carbocycles. The van der Waals surface area contributed by atoms with Gasteiger partial charge in [0, 0.05) is 37.2 Å². The van der Waals surface area contributed by atoms with Crippen molar-refractivity contribution in [3.05, 3.63) is 65.5 Å². The minimum absolute atomic E-state index is 0.0974.